The molecule has 2 heterocycles. The monoisotopic (exact) mass is 342 g/mol. The number of hydrogen-bond donors (Lipinski definition) is 2. The Morgan fingerprint density at radius 1 is 1.16 bits per heavy atom. The zero-order chi connectivity index (χ0) is 18.0. The highest BCUT2D eigenvalue weighted by molar-refractivity contribution is 6.00. The van der Waals surface area contributed by atoms with E-state index in [1.807, 2.05) is 24.1 Å². The van der Waals surface area contributed by atoms with E-state index in [9.17, 15) is 14.7 Å². The van der Waals surface area contributed by atoms with Crippen molar-refractivity contribution in [2.75, 3.05) is 13.1 Å². The summed E-state index contributed by atoms with van der Waals surface area (Å²) in [6.07, 6.45) is 3.29. The third-order valence-corrected chi connectivity index (χ3v) is 4.43. The number of hydrazone groups is 1. The van der Waals surface area contributed by atoms with Gasteiger partial charge in [0.25, 0.3) is 5.56 Å². The summed E-state index contributed by atoms with van der Waals surface area (Å²) in [5.41, 5.74) is 0.435. The van der Waals surface area contributed by atoms with Gasteiger partial charge in [-0.25, -0.2) is 9.36 Å². The summed E-state index contributed by atoms with van der Waals surface area (Å²) >= 11 is 0. The summed E-state index contributed by atoms with van der Waals surface area (Å²) in [7, 11) is 0. The molecule has 0 spiro atoms. The predicted molar refractivity (Wildman–Crippen MR) is 96.7 cm³/mol. The number of hydrogen-bond acceptors (Lipinski definition) is 5. The molecule has 3 rings (SSSR count). The minimum absolute atomic E-state index is 0.0217. The largest absolute Gasteiger partial charge is 0.493 e. The number of H-pyrrole nitrogens is 1. The smallest absolute Gasteiger partial charge is 0.335 e. The molecule has 1 saturated heterocycles. The van der Waals surface area contributed by atoms with Crippen LogP contribution in [0, 0.1) is 6.92 Å². The first-order valence-corrected chi connectivity index (χ1v) is 8.44. The second kappa shape index (κ2) is 6.96. The first kappa shape index (κ1) is 17.0. The van der Waals surface area contributed by atoms with Crippen LogP contribution >= 0.6 is 0 Å². The molecular formula is C18H22N4O3. The van der Waals surface area contributed by atoms with Crippen LogP contribution in [-0.4, -0.2) is 38.5 Å². The summed E-state index contributed by atoms with van der Waals surface area (Å²) in [5, 5.41) is 17.0. The van der Waals surface area contributed by atoms with Crippen LogP contribution in [0.15, 0.2) is 39.0 Å². The highest BCUT2D eigenvalue weighted by atomic mass is 16.3. The van der Waals surface area contributed by atoms with Crippen molar-refractivity contribution in [3.05, 3.63) is 56.2 Å². The molecule has 25 heavy (non-hydrogen) atoms. The van der Waals surface area contributed by atoms with E-state index in [-0.39, 0.29) is 11.4 Å². The quantitative estimate of drug-likeness (QED) is 0.832. The van der Waals surface area contributed by atoms with Crippen LogP contribution in [0.3, 0.4) is 0 Å². The van der Waals surface area contributed by atoms with Gasteiger partial charge >= 0.3 is 5.69 Å². The van der Waals surface area contributed by atoms with Crippen LogP contribution in [0.5, 0.6) is 5.88 Å². The zero-order valence-electron chi connectivity index (χ0n) is 14.5. The fourth-order valence-electron chi connectivity index (χ4n) is 3.13. The average molecular weight is 342 g/mol. The molecule has 0 atom stereocenters. The van der Waals surface area contributed by atoms with Gasteiger partial charge in [-0.1, -0.05) is 18.2 Å². The fourth-order valence-corrected chi connectivity index (χ4v) is 3.13. The highest BCUT2D eigenvalue weighted by Gasteiger charge is 2.19. The molecule has 2 N–H and O–H groups in total. The van der Waals surface area contributed by atoms with E-state index in [1.165, 1.54) is 6.42 Å². The van der Waals surface area contributed by atoms with Crippen molar-refractivity contribution < 1.29 is 5.11 Å². The zero-order valence-corrected chi connectivity index (χ0v) is 14.5. The Balaban J connectivity index is 2.14. The van der Waals surface area contributed by atoms with E-state index >= 15 is 0 Å². The van der Waals surface area contributed by atoms with Crippen molar-refractivity contribution in [1.82, 2.24) is 14.6 Å². The van der Waals surface area contributed by atoms with E-state index in [0.29, 0.717) is 11.4 Å². The lowest BCUT2D eigenvalue weighted by atomic mass is 10.1. The normalized spacial score (nSPS) is 15.4. The molecule has 0 aliphatic carbocycles. The third-order valence-electron chi connectivity index (χ3n) is 4.43. The Bertz CT molecular complexity index is 921. The minimum atomic E-state index is -0.675. The first-order valence-electron chi connectivity index (χ1n) is 8.44. The Labute approximate surface area is 145 Å². The maximum atomic E-state index is 12.3. The van der Waals surface area contributed by atoms with Gasteiger partial charge in [-0.2, -0.15) is 5.10 Å². The molecule has 1 aliphatic rings. The number of rotatable bonds is 3. The third kappa shape index (κ3) is 3.35. The lowest BCUT2D eigenvalue weighted by Crippen LogP contribution is -2.34. The molecule has 0 radical (unpaired) electrons. The van der Waals surface area contributed by atoms with E-state index in [0.717, 1.165) is 36.1 Å². The lowest BCUT2D eigenvalue weighted by Gasteiger charge is -2.24. The number of benzene rings is 1. The van der Waals surface area contributed by atoms with Gasteiger partial charge in [0.15, 0.2) is 0 Å². The maximum Gasteiger partial charge on any atom is 0.335 e. The molecule has 1 aliphatic heterocycles. The van der Waals surface area contributed by atoms with Gasteiger partial charge in [0.2, 0.25) is 5.88 Å². The molecule has 1 aromatic carbocycles. The Hall–Kier alpha value is -2.83. The van der Waals surface area contributed by atoms with Crippen LogP contribution in [-0.2, 0) is 0 Å². The maximum absolute atomic E-state index is 12.3. The summed E-state index contributed by atoms with van der Waals surface area (Å²) < 4.78 is 1.11. The van der Waals surface area contributed by atoms with E-state index in [2.05, 4.69) is 10.1 Å². The number of para-hydroxylation sites is 1. The van der Waals surface area contributed by atoms with Gasteiger partial charge in [0.05, 0.1) is 11.4 Å². The van der Waals surface area contributed by atoms with E-state index in [4.69, 9.17) is 0 Å². The number of aromatic nitrogens is 2. The Kier molecular flexibility index (Phi) is 4.74. The van der Waals surface area contributed by atoms with Gasteiger partial charge in [-0.15, -0.1) is 0 Å². The molecule has 7 heteroatoms. The highest BCUT2D eigenvalue weighted by Crippen LogP contribution is 2.20. The van der Waals surface area contributed by atoms with Gasteiger partial charge in [0, 0.05) is 13.1 Å². The first-order chi connectivity index (χ1) is 12.0. The molecular weight excluding hydrogens is 320 g/mol. The van der Waals surface area contributed by atoms with Crippen LogP contribution in [0.1, 0.15) is 37.3 Å². The summed E-state index contributed by atoms with van der Waals surface area (Å²) in [6.45, 7) is 5.16. The van der Waals surface area contributed by atoms with Gasteiger partial charge in [0.1, 0.15) is 5.56 Å². The molecule has 7 nitrogen and oxygen atoms in total. The van der Waals surface area contributed by atoms with Crippen LogP contribution < -0.4 is 11.2 Å². The average Bonchev–Trinajstić information content (AvgIpc) is 2.57. The second-order valence-corrected chi connectivity index (χ2v) is 6.28. The van der Waals surface area contributed by atoms with E-state index < -0.39 is 11.2 Å². The topological polar surface area (TPSA) is 90.7 Å². The number of piperidine rings is 1. The standard InChI is InChI=1S/C18H22N4O3/c1-12-8-4-5-9-14(12)22-17(24)15(16(23)19-18(22)25)13(2)20-21-10-6-3-7-11-21/h4-5,8-9,24H,3,6-7,10-11H2,1-2H3,(H,19,23,25). The van der Waals surface area contributed by atoms with E-state index in [1.54, 1.807) is 19.1 Å². The summed E-state index contributed by atoms with van der Waals surface area (Å²) in [5.74, 6) is -0.388. The van der Waals surface area contributed by atoms with Crippen molar-refractivity contribution in [1.29, 1.82) is 0 Å². The number of aryl methyl sites for hydroxylation is 1. The summed E-state index contributed by atoms with van der Waals surface area (Å²) in [4.78, 5) is 26.8. The fraction of sp³-hybridized carbons (Fsp3) is 0.389. The van der Waals surface area contributed by atoms with Crippen molar-refractivity contribution in [3.63, 3.8) is 0 Å². The number of nitrogens with one attached hydrogen (secondary N) is 1. The molecule has 1 fully saturated rings. The van der Waals surface area contributed by atoms with Crippen molar-refractivity contribution >= 4 is 5.71 Å². The molecule has 2 aromatic rings. The summed E-state index contributed by atoms with van der Waals surface area (Å²) in [6, 6.07) is 7.17. The number of aromatic amines is 1. The van der Waals surface area contributed by atoms with Crippen molar-refractivity contribution in [3.8, 4) is 11.6 Å². The number of nitrogens with zero attached hydrogens (tertiary/aromatic N) is 3. The van der Waals surface area contributed by atoms with Crippen LogP contribution in [0.25, 0.3) is 5.69 Å². The molecule has 0 bridgehead atoms. The van der Waals surface area contributed by atoms with Gasteiger partial charge < -0.3 is 5.11 Å². The molecule has 0 unspecified atom stereocenters. The van der Waals surface area contributed by atoms with Crippen molar-refractivity contribution in [2.24, 2.45) is 5.10 Å². The SMILES string of the molecule is CC(=NN1CCCCC1)c1c(O)n(-c2ccccc2C)c(=O)[nH]c1=O. The van der Waals surface area contributed by atoms with Gasteiger partial charge in [-0.05, 0) is 44.7 Å². The number of aromatic hydroxyl groups is 1. The molecule has 0 amide bonds. The minimum Gasteiger partial charge on any atom is -0.493 e. The van der Waals surface area contributed by atoms with Gasteiger partial charge in [-0.3, -0.25) is 14.8 Å². The van der Waals surface area contributed by atoms with Crippen LogP contribution in [0.4, 0.5) is 0 Å². The lowest BCUT2D eigenvalue weighted by molar-refractivity contribution is 0.239. The van der Waals surface area contributed by atoms with Crippen LogP contribution in [0.2, 0.25) is 0 Å². The molecule has 132 valence electrons. The molecule has 1 aromatic heterocycles. The molecule has 0 saturated carbocycles. The second-order valence-electron chi connectivity index (χ2n) is 6.28. The predicted octanol–water partition coefficient (Wildman–Crippen LogP) is 1.75. The Morgan fingerprint density at radius 2 is 1.84 bits per heavy atom. The Morgan fingerprint density at radius 3 is 2.52 bits per heavy atom. The van der Waals surface area contributed by atoms with Crippen molar-refractivity contribution in [2.45, 2.75) is 33.1 Å².